The van der Waals surface area contributed by atoms with Crippen LogP contribution < -0.4 is 0 Å². The zero-order valence-electron chi connectivity index (χ0n) is 7.33. The number of rotatable bonds is 4. The average Bonchev–Trinajstić information content (AvgIpc) is 2.02. The molecule has 0 spiro atoms. The summed E-state index contributed by atoms with van der Waals surface area (Å²) in [5.74, 6) is -1.68. The van der Waals surface area contributed by atoms with Gasteiger partial charge in [-0.1, -0.05) is 36.5 Å². The molecule has 0 atom stereocenters. The number of unbranched alkanes of at least 4 members (excludes halogenated alkanes) is 1. The Balaban J connectivity index is 4.23. The Hall–Kier alpha value is -0.160. The van der Waals surface area contributed by atoms with E-state index in [-0.39, 0.29) is 6.61 Å². The number of hydrogen-bond acceptors (Lipinski definition) is 2. The molecule has 0 fully saturated rings. The molecule has 0 rings (SSSR count). The molecule has 7 heteroatoms. The molecule has 0 aliphatic rings. The lowest BCUT2D eigenvalue weighted by Gasteiger charge is -2.20. The van der Waals surface area contributed by atoms with Crippen LogP contribution in [0, 0.1) is 0 Å². The van der Waals surface area contributed by atoms with Crippen LogP contribution in [-0.2, 0) is 9.53 Å². The topological polar surface area (TPSA) is 26.3 Å². The first-order chi connectivity index (χ1) is 6.23. The zero-order valence-corrected chi connectivity index (χ0v) is 8.84. The molecule has 0 aromatic rings. The fourth-order valence-corrected chi connectivity index (χ4v) is 0.625. The largest absolute Gasteiger partial charge is 0.463 e. The summed E-state index contributed by atoms with van der Waals surface area (Å²) in [7, 11) is 0. The number of halogens is 5. The van der Waals surface area contributed by atoms with E-state index in [2.05, 4.69) is 4.74 Å². The maximum absolute atomic E-state index is 12.0. The molecule has 0 aliphatic heterocycles. The molecule has 84 valence electrons. The van der Waals surface area contributed by atoms with E-state index in [0.717, 1.165) is 0 Å². The molecule has 14 heavy (non-hydrogen) atoms. The van der Waals surface area contributed by atoms with Crippen molar-refractivity contribution in [1.29, 1.82) is 0 Å². The number of esters is 1. The van der Waals surface area contributed by atoms with Gasteiger partial charge < -0.3 is 4.74 Å². The standard InChI is InChI=1S/C7H9Cl2F3O2/c1-2-3-4-14-5(13)6(8,9)7(10,11)12/h2-4H2,1H3. The molecule has 0 radical (unpaired) electrons. The number of alkyl halides is 5. The summed E-state index contributed by atoms with van der Waals surface area (Å²) in [5, 5.41) is 0. The van der Waals surface area contributed by atoms with E-state index in [9.17, 15) is 18.0 Å². The van der Waals surface area contributed by atoms with Gasteiger partial charge in [0.05, 0.1) is 6.61 Å². The van der Waals surface area contributed by atoms with Crippen LogP contribution in [0.1, 0.15) is 19.8 Å². The van der Waals surface area contributed by atoms with E-state index in [1.165, 1.54) is 0 Å². The van der Waals surface area contributed by atoms with Crippen LogP contribution in [0.5, 0.6) is 0 Å². The number of carbonyl (C=O) groups excluding carboxylic acids is 1. The fraction of sp³-hybridized carbons (Fsp3) is 0.857. The number of carbonyl (C=O) groups is 1. The van der Waals surface area contributed by atoms with E-state index >= 15 is 0 Å². The molecule has 2 nitrogen and oxygen atoms in total. The number of ether oxygens (including phenoxy) is 1. The molecular formula is C7H9Cl2F3O2. The highest BCUT2D eigenvalue weighted by Gasteiger charge is 2.60. The van der Waals surface area contributed by atoms with Crippen molar-refractivity contribution in [3.05, 3.63) is 0 Å². The maximum Gasteiger partial charge on any atom is 0.432 e. The summed E-state index contributed by atoms with van der Waals surface area (Å²) < 4.78 is 36.9. The van der Waals surface area contributed by atoms with Crippen LogP contribution in [0.25, 0.3) is 0 Å². The highest BCUT2D eigenvalue weighted by atomic mass is 35.5. The van der Waals surface area contributed by atoms with Crippen molar-refractivity contribution in [3.63, 3.8) is 0 Å². The number of hydrogen-bond donors (Lipinski definition) is 0. The third-order valence-corrected chi connectivity index (χ3v) is 2.08. The monoisotopic (exact) mass is 252 g/mol. The first kappa shape index (κ1) is 13.8. The molecule has 0 aromatic heterocycles. The Morgan fingerprint density at radius 3 is 2.21 bits per heavy atom. The van der Waals surface area contributed by atoms with E-state index in [0.29, 0.717) is 12.8 Å². The first-order valence-electron chi connectivity index (χ1n) is 3.85. The minimum absolute atomic E-state index is 0.118. The Bertz CT molecular complexity index is 204. The van der Waals surface area contributed by atoms with Gasteiger partial charge in [0.2, 0.25) is 0 Å². The predicted octanol–water partition coefficient (Wildman–Crippen LogP) is 3.07. The molecule has 0 bridgehead atoms. The van der Waals surface area contributed by atoms with Gasteiger partial charge in [-0.05, 0) is 6.42 Å². The lowest BCUT2D eigenvalue weighted by molar-refractivity contribution is -0.175. The van der Waals surface area contributed by atoms with Crippen LogP contribution >= 0.6 is 23.2 Å². The lowest BCUT2D eigenvalue weighted by Crippen LogP contribution is -2.43. The van der Waals surface area contributed by atoms with Crippen molar-refractivity contribution < 1.29 is 22.7 Å². The highest BCUT2D eigenvalue weighted by Crippen LogP contribution is 2.40. The van der Waals surface area contributed by atoms with Gasteiger partial charge in [0.1, 0.15) is 0 Å². The molecule has 0 aromatic carbocycles. The minimum atomic E-state index is -5.03. The predicted molar refractivity (Wildman–Crippen MR) is 46.4 cm³/mol. The van der Waals surface area contributed by atoms with E-state index in [1.807, 2.05) is 0 Å². The highest BCUT2D eigenvalue weighted by molar-refractivity contribution is 6.58. The van der Waals surface area contributed by atoms with Gasteiger partial charge in [0, 0.05) is 0 Å². The fourth-order valence-electron chi connectivity index (χ4n) is 0.516. The third kappa shape index (κ3) is 3.53. The third-order valence-electron chi connectivity index (χ3n) is 1.34. The first-order valence-corrected chi connectivity index (χ1v) is 4.60. The van der Waals surface area contributed by atoms with Crippen LogP contribution in [0.15, 0.2) is 0 Å². The van der Waals surface area contributed by atoms with Crippen molar-refractivity contribution in [3.8, 4) is 0 Å². The van der Waals surface area contributed by atoms with Gasteiger partial charge in [-0.25, -0.2) is 4.79 Å². The SMILES string of the molecule is CCCCOC(=O)C(Cl)(Cl)C(F)(F)F. The Kier molecular flexibility index (Phi) is 5.01. The van der Waals surface area contributed by atoms with Gasteiger partial charge in [-0.2, -0.15) is 13.2 Å². The second-order valence-electron chi connectivity index (χ2n) is 2.56. The van der Waals surface area contributed by atoms with Gasteiger partial charge in [0.15, 0.2) is 0 Å². The van der Waals surface area contributed by atoms with Crippen molar-refractivity contribution >= 4 is 29.2 Å². The Labute approximate surface area is 89.3 Å². The van der Waals surface area contributed by atoms with Crippen molar-refractivity contribution in [2.24, 2.45) is 0 Å². The maximum atomic E-state index is 12.0. The summed E-state index contributed by atoms with van der Waals surface area (Å²) in [6.45, 7) is 1.68. The summed E-state index contributed by atoms with van der Waals surface area (Å²) in [4.78, 5) is 10.8. The molecule has 0 saturated heterocycles. The van der Waals surface area contributed by atoms with Gasteiger partial charge in [-0.3, -0.25) is 0 Å². The van der Waals surface area contributed by atoms with Gasteiger partial charge in [-0.15, -0.1) is 0 Å². The van der Waals surface area contributed by atoms with Gasteiger partial charge in [0.25, 0.3) is 0 Å². The summed E-state index contributed by atoms with van der Waals surface area (Å²) >= 11 is 9.62. The molecule has 0 unspecified atom stereocenters. The van der Waals surface area contributed by atoms with Crippen LogP contribution in [0.2, 0.25) is 0 Å². The van der Waals surface area contributed by atoms with Crippen LogP contribution in [0.3, 0.4) is 0 Å². The van der Waals surface area contributed by atoms with Crippen molar-refractivity contribution in [2.45, 2.75) is 30.3 Å². The molecule has 0 amide bonds. The molecule has 0 saturated carbocycles. The van der Waals surface area contributed by atoms with Gasteiger partial charge >= 0.3 is 16.5 Å². The normalized spacial score (nSPS) is 12.7. The van der Waals surface area contributed by atoms with Crippen LogP contribution in [-0.4, -0.2) is 23.1 Å². The smallest absolute Gasteiger partial charge is 0.432 e. The minimum Gasteiger partial charge on any atom is -0.463 e. The van der Waals surface area contributed by atoms with Crippen molar-refractivity contribution in [2.75, 3.05) is 6.61 Å². The Morgan fingerprint density at radius 2 is 1.86 bits per heavy atom. The van der Waals surface area contributed by atoms with Crippen molar-refractivity contribution in [1.82, 2.24) is 0 Å². The molecule has 0 heterocycles. The summed E-state index contributed by atoms with van der Waals surface area (Å²) in [6.07, 6.45) is -3.87. The van der Waals surface area contributed by atoms with E-state index in [4.69, 9.17) is 23.2 Å². The summed E-state index contributed by atoms with van der Waals surface area (Å²) in [5.41, 5.74) is 0. The Morgan fingerprint density at radius 1 is 1.36 bits per heavy atom. The zero-order chi connectivity index (χ0) is 11.4. The van der Waals surface area contributed by atoms with E-state index < -0.39 is 16.5 Å². The molecule has 0 aliphatic carbocycles. The lowest BCUT2D eigenvalue weighted by atomic mass is 10.3. The van der Waals surface area contributed by atoms with E-state index in [1.54, 1.807) is 6.92 Å². The average molecular weight is 253 g/mol. The quantitative estimate of drug-likeness (QED) is 0.437. The van der Waals surface area contributed by atoms with Crippen LogP contribution in [0.4, 0.5) is 13.2 Å². The second-order valence-corrected chi connectivity index (χ2v) is 3.89. The summed E-state index contributed by atoms with van der Waals surface area (Å²) in [6, 6.07) is 0. The molecular weight excluding hydrogens is 244 g/mol. The second kappa shape index (κ2) is 5.07. The molecule has 0 N–H and O–H groups in total.